The Kier molecular flexibility index (Phi) is 3.86. The number of fused-ring (bicyclic) bond motifs is 2. The molecule has 0 aliphatic carbocycles. The van der Waals surface area contributed by atoms with Crippen molar-refractivity contribution in [3.8, 4) is 6.07 Å². The minimum atomic E-state index is -0.412. The average Bonchev–Trinajstić information content (AvgIpc) is 3.11. The third kappa shape index (κ3) is 2.58. The Morgan fingerprint density at radius 3 is 2.77 bits per heavy atom. The molecule has 0 radical (unpaired) electrons. The van der Waals surface area contributed by atoms with Crippen molar-refractivity contribution in [3.05, 3.63) is 81.7 Å². The molecular weight excluding hydrogens is 328 g/mol. The predicted octanol–water partition coefficient (Wildman–Crippen LogP) is 3.29. The summed E-state index contributed by atoms with van der Waals surface area (Å²) in [7, 11) is 0. The van der Waals surface area contributed by atoms with Gasteiger partial charge in [-0.05, 0) is 36.3 Å². The molecule has 0 saturated carbocycles. The SMILES string of the molecule is N#C/C(=C\c1coc2ccccc2c1=O)C(=O)N1CCc2ccccc21. The van der Waals surface area contributed by atoms with E-state index in [2.05, 4.69) is 0 Å². The van der Waals surface area contributed by atoms with Crippen LogP contribution < -0.4 is 10.3 Å². The number of para-hydroxylation sites is 2. The highest BCUT2D eigenvalue weighted by molar-refractivity contribution is 6.12. The number of benzene rings is 2. The molecule has 0 bridgehead atoms. The minimum Gasteiger partial charge on any atom is -0.463 e. The van der Waals surface area contributed by atoms with Gasteiger partial charge in [0.25, 0.3) is 5.91 Å². The van der Waals surface area contributed by atoms with Gasteiger partial charge >= 0.3 is 0 Å². The molecule has 0 fully saturated rings. The van der Waals surface area contributed by atoms with Crippen LogP contribution >= 0.6 is 0 Å². The molecule has 4 rings (SSSR count). The van der Waals surface area contributed by atoms with Gasteiger partial charge in [-0.3, -0.25) is 9.59 Å². The number of anilines is 1. The molecule has 126 valence electrons. The Bertz CT molecular complexity index is 1150. The van der Waals surface area contributed by atoms with Crippen LogP contribution in [0.15, 0.2) is 69.6 Å². The first-order valence-corrected chi connectivity index (χ1v) is 8.21. The molecule has 2 aromatic carbocycles. The summed E-state index contributed by atoms with van der Waals surface area (Å²) in [5, 5.41) is 9.89. The standard InChI is InChI=1S/C21H14N2O3/c22-12-15(21(25)23-10-9-14-5-1-3-7-18(14)23)11-16-13-26-19-8-4-2-6-17(19)20(16)24/h1-8,11,13H,9-10H2/b15-11+. The third-order valence-corrected chi connectivity index (χ3v) is 4.49. The molecule has 0 unspecified atom stereocenters. The summed E-state index contributed by atoms with van der Waals surface area (Å²) < 4.78 is 5.45. The lowest BCUT2D eigenvalue weighted by atomic mass is 10.1. The first-order valence-electron chi connectivity index (χ1n) is 8.21. The maximum atomic E-state index is 12.8. The van der Waals surface area contributed by atoms with Crippen LogP contribution in [0.1, 0.15) is 11.1 Å². The molecule has 1 aromatic heterocycles. The van der Waals surface area contributed by atoms with Crippen molar-refractivity contribution in [3.63, 3.8) is 0 Å². The molecule has 3 aromatic rings. The van der Waals surface area contributed by atoms with E-state index in [0.717, 1.165) is 17.7 Å². The summed E-state index contributed by atoms with van der Waals surface area (Å²) in [6.45, 7) is 0.517. The van der Waals surface area contributed by atoms with Crippen LogP contribution in [0.5, 0.6) is 0 Å². The smallest absolute Gasteiger partial charge is 0.268 e. The molecule has 0 saturated heterocycles. The largest absolute Gasteiger partial charge is 0.463 e. The normalized spacial score (nSPS) is 13.5. The minimum absolute atomic E-state index is 0.0933. The number of nitrogens with zero attached hydrogens (tertiary/aromatic N) is 2. The zero-order valence-electron chi connectivity index (χ0n) is 13.8. The number of nitriles is 1. The van der Waals surface area contributed by atoms with E-state index in [1.165, 1.54) is 12.3 Å². The Balaban J connectivity index is 1.75. The van der Waals surface area contributed by atoms with Crippen molar-refractivity contribution in [2.75, 3.05) is 11.4 Å². The van der Waals surface area contributed by atoms with Gasteiger partial charge in [0.2, 0.25) is 0 Å². The van der Waals surface area contributed by atoms with Crippen LogP contribution in [-0.4, -0.2) is 12.5 Å². The van der Waals surface area contributed by atoms with Gasteiger partial charge in [-0.25, -0.2) is 0 Å². The van der Waals surface area contributed by atoms with E-state index in [4.69, 9.17) is 4.42 Å². The Morgan fingerprint density at radius 2 is 1.92 bits per heavy atom. The quantitative estimate of drug-likeness (QED) is 0.529. The van der Waals surface area contributed by atoms with Crippen molar-refractivity contribution in [1.82, 2.24) is 0 Å². The number of carbonyl (C=O) groups is 1. The molecule has 1 amide bonds. The number of carbonyl (C=O) groups excluding carboxylic acids is 1. The summed E-state index contributed by atoms with van der Waals surface area (Å²) >= 11 is 0. The van der Waals surface area contributed by atoms with Crippen molar-refractivity contribution >= 4 is 28.6 Å². The second kappa shape index (κ2) is 6.34. The van der Waals surface area contributed by atoms with Crippen molar-refractivity contribution in [2.24, 2.45) is 0 Å². The lowest BCUT2D eigenvalue weighted by Crippen LogP contribution is -2.30. The maximum Gasteiger partial charge on any atom is 0.268 e. The predicted molar refractivity (Wildman–Crippen MR) is 98.6 cm³/mol. The van der Waals surface area contributed by atoms with Gasteiger partial charge in [0.05, 0.1) is 10.9 Å². The van der Waals surface area contributed by atoms with E-state index in [1.807, 2.05) is 30.3 Å². The molecule has 5 heteroatoms. The van der Waals surface area contributed by atoms with Gasteiger partial charge in [-0.1, -0.05) is 30.3 Å². The molecule has 0 atom stereocenters. The van der Waals surface area contributed by atoms with E-state index in [0.29, 0.717) is 17.5 Å². The topological polar surface area (TPSA) is 74.3 Å². The molecule has 26 heavy (non-hydrogen) atoms. The van der Waals surface area contributed by atoms with Crippen LogP contribution in [0.2, 0.25) is 0 Å². The molecule has 1 aliphatic rings. The average molecular weight is 342 g/mol. The second-order valence-electron chi connectivity index (χ2n) is 6.02. The second-order valence-corrected chi connectivity index (χ2v) is 6.02. The number of hydrogen-bond donors (Lipinski definition) is 0. The van der Waals surface area contributed by atoms with Gasteiger partial charge < -0.3 is 9.32 Å². The van der Waals surface area contributed by atoms with E-state index in [1.54, 1.807) is 29.2 Å². The van der Waals surface area contributed by atoms with Crippen LogP contribution in [-0.2, 0) is 11.2 Å². The molecule has 0 spiro atoms. The number of rotatable bonds is 2. The van der Waals surface area contributed by atoms with E-state index >= 15 is 0 Å². The Morgan fingerprint density at radius 1 is 1.15 bits per heavy atom. The Hall–Kier alpha value is -3.65. The summed E-state index contributed by atoms with van der Waals surface area (Å²) in [5.41, 5.74) is 2.17. The summed E-state index contributed by atoms with van der Waals surface area (Å²) in [5.74, 6) is -0.412. The molecular formula is C21H14N2O3. The lowest BCUT2D eigenvalue weighted by molar-refractivity contribution is -0.114. The highest BCUT2D eigenvalue weighted by Crippen LogP contribution is 2.28. The first kappa shape index (κ1) is 15.9. The highest BCUT2D eigenvalue weighted by Gasteiger charge is 2.26. The van der Waals surface area contributed by atoms with Crippen molar-refractivity contribution in [1.29, 1.82) is 5.26 Å². The summed E-state index contributed by atoms with van der Waals surface area (Å²) in [4.78, 5) is 27.0. The van der Waals surface area contributed by atoms with Crippen LogP contribution in [0.25, 0.3) is 17.0 Å². The van der Waals surface area contributed by atoms with Crippen LogP contribution in [0.4, 0.5) is 5.69 Å². The Labute approximate surface area is 149 Å². The van der Waals surface area contributed by atoms with Crippen molar-refractivity contribution < 1.29 is 9.21 Å². The molecule has 1 aliphatic heterocycles. The first-order chi connectivity index (χ1) is 12.7. The molecule has 2 heterocycles. The van der Waals surface area contributed by atoms with Crippen LogP contribution in [0.3, 0.4) is 0 Å². The zero-order valence-corrected chi connectivity index (χ0v) is 13.8. The van der Waals surface area contributed by atoms with E-state index in [-0.39, 0.29) is 16.6 Å². The fraction of sp³-hybridized carbons (Fsp3) is 0.0952. The van der Waals surface area contributed by atoms with Gasteiger partial charge in [-0.15, -0.1) is 0 Å². The highest BCUT2D eigenvalue weighted by atomic mass is 16.3. The molecule has 5 nitrogen and oxygen atoms in total. The lowest BCUT2D eigenvalue weighted by Gasteiger charge is -2.16. The molecule has 0 N–H and O–H groups in total. The zero-order chi connectivity index (χ0) is 18.1. The fourth-order valence-electron chi connectivity index (χ4n) is 3.18. The van der Waals surface area contributed by atoms with E-state index in [9.17, 15) is 14.9 Å². The number of hydrogen-bond acceptors (Lipinski definition) is 4. The maximum absolute atomic E-state index is 12.8. The fourth-order valence-corrected chi connectivity index (χ4v) is 3.18. The monoisotopic (exact) mass is 342 g/mol. The van der Waals surface area contributed by atoms with Gasteiger partial charge in [0.1, 0.15) is 23.5 Å². The van der Waals surface area contributed by atoms with Gasteiger partial charge in [0.15, 0.2) is 5.43 Å². The van der Waals surface area contributed by atoms with Crippen molar-refractivity contribution in [2.45, 2.75) is 6.42 Å². The third-order valence-electron chi connectivity index (χ3n) is 4.49. The van der Waals surface area contributed by atoms with Gasteiger partial charge in [0, 0.05) is 12.2 Å². The van der Waals surface area contributed by atoms with Gasteiger partial charge in [-0.2, -0.15) is 5.26 Å². The van der Waals surface area contributed by atoms with E-state index < -0.39 is 5.91 Å². The summed E-state index contributed by atoms with van der Waals surface area (Å²) in [6.07, 6.45) is 3.34. The number of amides is 1. The summed E-state index contributed by atoms with van der Waals surface area (Å²) in [6, 6.07) is 16.4. The van der Waals surface area contributed by atoms with Crippen LogP contribution in [0, 0.1) is 11.3 Å².